The highest BCUT2D eigenvalue weighted by molar-refractivity contribution is 7.26. The highest BCUT2D eigenvalue weighted by Gasteiger charge is 2.51. The lowest BCUT2D eigenvalue weighted by molar-refractivity contribution is 0.589. The standard InChI is InChI=1S/C94H92N2OSSi/c1-89(2,3)61-35-37-66(38-36-61)94(67-47-57-74(58-48-67)99(16,72-53-43-64(44-54-72)92(10,11)12)73-55-45-65(46-56-73)93(13,14)15)77-59-79(95(68-27-19-17-20-28-68)70-49-39-62(40-50-70)90(4,5)6)83-75-31-23-25-33-81(75)97-87(83)85(77)86-78(94)60-80(84-76-32-24-26-34-82(76)98-88(84)86)96(69-29-21-18-22-30-69)71-51-41-63(42-52-71)91(7,8)9/h17-60H,1-16H3. The lowest BCUT2D eigenvalue weighted by atomic mass is 9.67. The summed E-state index contributed by atoms with van der Waals surface area (Å²) in [6, 6.07) is 103. The van der Waals surface area contributed by atoms with Gasteiger partial charge in [0.05, 0.1) is 22.2 Å². The summed E-state index contributed by atoms with van der Waals surface area (Å²) in [5, 5.41) is 8.72. The fraction of sp³-hybridized carbons (Fsp3) is 0.234. The summed E-state index contributed by atoms with van der Waals surface area (Å²) in [7, 11) is -2.75. The van der Waals surface area contributed by atoms with Crippen molar-refractivity contribution in [3.63, 3.8) is 0 Å². The number of para-hydroxylation sites is 3. The molecule has 1 aliphatic rings. The number of hydrogen-bond acceptors (Lipinski definition) is 4. The maximum atomic E-state index is 7.78. The van der Waals surface area contributed by atoms with E-state index >= 15 is 0 Å². The normalized spacial score (nSPS) is 14.5. The highest BCUT2D eigenvalue weighted by atomic mass is 32.1. The van der Waals surface area contributed by atoms with Crippen LogP contribution < -0.4 is 25.4 Å². The first-order chi connectivity index (χ1) is 47.1. The van der Waals surface area contributed by atoms with Crippen molar-refractivity contribution < 1.29 is 4.42 Å². The van der Waals surface area contributed by atoms with Gasteiger partial charge in [-0.2, -0.15) is 0 Å². The second-order valence-corrected chi connectivity index (χ2v) is 38.1. The fourth-order valence-electron chi connectivity index (χ4n) is 15.7. The van der Waals surface area contributed by atoms with E-state index in [4.69, 9.17) is 4.42 Å². The molecule has 12 aromatic carbocycles. The number of nitrogens with zero attached hydrogens (tertiary/aromatic N) is 2. The van der Waals surface area contributed by atoms with Crippen molar-refractivity contribution in [2.45, 2.75) is 143 Å². The van der Waals surface area contributed by atoms with Crippen LogP contribution in [0, 0.1) is 0 Å². The van der Waals surface area contributed by atoms with Gasteiger partial charge in [-0.3, -0.25) is 0 Å². The average Bonchev–Trinajstić information content (AvgIpc) is 1.50. The monoisotopic (exact) mass is 1320 g/mol. The Balaban J connectivity index is 1.12. The molecule has 0 amide bonds. The summed E-state index contributed by atoms with van der Waals surface area (Å²) in [4.78, 5) is 5.05. The van der Waals surface area contributed by atoms with E-state index in [2.05, 4.69) is 387 Å². The minimum absolute atomic E-state index is 0.0128. The highest BCUT2D eigenvalue weighted by Crippen LogP contribution is 2.65. The van der Waals surface area contributed by atoms with Gasteiger partial charge in [-0.1, -0.05) is 305 Å². The number of thiophene rings is 1. The van der Waals surface area contributed by atoms with Crippen molar-refractivity contribution in [2.75, 3.05) is 9.80 Å². The van der Waals surface area contributed by atoms with Crippen molar-refractivity contribution in [1.82, 2.24) is 0 Å². The summed E-state index contributed by atoms with van der Waals surface area (Å²) < 4.78 is 10.2. The van der Waals surface area contributed by atoms with Crippen LogP contribution in [0.1, 0.15) is 154 Å². The molecular weight excluding hydrogens is 1230 g/mol. The predicted octanol–water partition coefficient (Wildman–Crippen LogP) is 24.8. The van der Waals surface area contributed by atoms with Gasteiger partial charge >= 0.3 is 0 Å². The van der Waals surface area contributed by atoms with Gasteiger partial charge < -0.3 is 14.2 Å². The van der Waals surface area contributed by atoms with Crippen LogP contribution in [0.25, 0.3) is 53.2 Å². The SMILES string of the molecule is CC(C)(C)c1ccc(N(c2ccccc2)c2cc3c(c4oc5ccccc5c24)-c2c(cc(N(c4ccccc4)c4ccc(C(C)(C)C)cc4)c4c2sc2ccccc24)C3(c2ccc(C(C)(C)C)cc2)c2ccc([Si](C)(c3ccc(C(C)(C)C)cc3)c3ccc(C(C)(C)C)cc3)cc2)cc1. The van der Waals surface area contributed by atoms with Crippen LogP contribution in [0.3, 0.4) is 0 Å². The number of fused-ring (bicyclic) bond motifs is 11. The third-order valence-electron chi connectivity index (χ3n) is 21.5. The molecule has 0 saturated heterocycles. The van der Waals surface area contributed by atoms with Gasteiger partial charge in [0, 0.05) is 59.4 Å². The summed E-state index contributed by atoms with van der Waals surface area (Å²) in [5.74, 6) is 0. The Labute approximate surface area is 592 Å². The molecule has 494 valence electrons. The summed E-state index contributed by atoms with van der Waals surface area (Å²) in [6.07, 6.45) is 0. The first-order valence-electron chi connectivity index (χ1n) is 35.5. The van der Waals surface area contributed by atoms with Crippen LogP contribution in [0.15, 0.2) is 271 Å². The van der Waals surface area contributed by atoms with E-state index in [1.165, 1.54) is 91.4 Å². The minimum atomic E-state index is -2.75. The molecule has 14 aromatic rings. The Bertz CT molecular complexity index is 5060. The van der Waals surface area contributed by atoms with E-state index in [1.807, 2.05) is 11.3 Å². The minimum Gasteiger partial charge on any atom is -0.455 e. The fourth-order valence-corrected chi connectivity index (χ4v) is 20.5. The quantitative estimate of drug-likeness (QED) is 0.0950. The summed E-state index contributed by atoms with van der Waals surface area (Å²) in [6.45, 7) is 37.3. The molecule has 99 heavy (non-hydrogen) atoms. The van der Waals surface area contributed by atoms with E-state index in [-0.39, 0.29) is 27.1 Å². The van der Waals surface area contributed by atoms with Crippen molar-refractivity contribution in [3.8, 4) is 11.1 Å². The van der Waals surface area contributed by atoms with Crippen LogP contribution in [-0.2, 0) is 32.5 Å². The van der Waals surface area contributed by atoms with Gasteiger partial charge in [0.15, 0.2) is 0 Å². The Kier molecular flexibility index (Phi) is 15.8. The molecule has 0 fully saturated rings. The predicted molar refractivity (Wildman–Crippen MR) is 430 cm³/mol. The largest absolute Gasteiger partial charge is 0.455 e. The molecule has 0 spiro atoms. The second-order valence-electron chi connectivity index (χ2n) is 33.1. The molecule has 2 heterocycles. The first-order valence-corrected chi connectivity index (χ1v) is 38.8. The number of anilines is 6. The number of benzene rings is 12. The van der Waals surface area contributed by atoms with Gasteiger partial charge in [-0.05, 0) is 166 Å². The van der Waals surface area contributed by atoms with E-state index in [0.717, 1.165) is 61.6 Å². The van der Waals surface area contributed by atoms with Gasteiger partial charge in [-0.25, -0.2) is 0 Å². The molecule has 5 heteroatoms. The molecule has 1 atom stereocenters. The maximum Gasteiger partial charge on any atom is 0.145 e. The van der Waals surface area contributed by atoms with Gasteiger partial charge in [0.2, 0.25) is 0 Å². The van der Waals surface area contributed by atoms with E-state index in [1.54, 1.807) is 0 Å². The zero-order valence-electron chi connectivity index (χ0n) is 60.6. The molecule has 1 aliphatic carbocycles. The molecule has 2 aromatic heterocycles. The van der Waals surface area contributed by atoms with Crippen molar-refractivity contribution in [1.29, 1.82) is 0 Å². The van der Waals surface area contributed by atoms with Gasteiger partial charge in [0.1, 0.15) is 19.2 Å². The molecule has 3 nitrogen and oxygen atoms in total. The van der Waals surface area contributed by atoms with Crippen molar-refractivity contribution >= 4 is 111 Å². The van der Waals surface area contributed by atoms with Gasteiger partial charge in [-0.15, -0.1) is 11.3 Å². The first kappa shape index (κ1) is 65.4. The smallest absolute Gasteiger partial charge is 0.145 e. The summed E-state index contributed by atoms with van der Waals surface area (Å²) in [5.41, 5.74) is 20.7. The third kappa shape index (κ3) is 11.1. The van der Waals surface area contributed by atoms with Crippen LogP contribution in [-0.4, -0.2) is 8.07 Å². The Morgan fingerprint density at radius 3 is 1.10 bits per heavy atom. The molecular formula is C94H92N2OSSi. The maximum absolute atomic E-state index is 7.78. The molecule has 0 N–H and O–H groups in total. The van der Waals surface area contributed by atoms with Crippen LogP contribution in [0.5, 0.6) is 0 Å². The van der Waals surface area contributed by atoms with Gasteiger partial charge in [0.25, 0.3) is 0 Å². The zero-order chi connectivity index (χ0) is 69.3. The van der Waals surface area contributed by atoms with Crippen LogP contribution >= 0.6 is 11.3 Å². The van der Waals surface area contributed by atoms with E-state index in [0.29, 0.717) is 0 Å². The molecule has 0 bridgehead atoms. The lowest BCUT2D eigenvalue weighted by Crippen LogP contribution is -2.64. The number of hydrogen-bond donors (Lipinski definition) is 0. The Hall–Kier alpha value is -9.52. The van der Waals surface area contributed by atoms with E-state index < -0.39 is 13.5 Å². The van der Waals surface area contributed by atoms with Crippen molar-refractivity contribution in [3.05, 3.63) is 317 Å². The zero-order valence-corrected chi connectivity index (χ0v) is 62.4. The molecule has 0 aliphatic heterocycles. The topological polar surface area (TPSA) is 19.6 Å². The summed E-state index contributed by atoms with van der Waals surface area (Å²) >= 11 is 1.91. The number of rotatable bonds is 11. The molecule has 15 rings (SSSR count). The van der Waals surface area contributed by atoms with Crippen LogP contribution in [0.4, 0.5) is 34.1 Å². The second kappa shape index (κ2) is 23.9. The van der Waals surface area contributed by atoms with E-state index in [9.17, 15) is 0 Å². The third-order valence-corrected chi connectivity index (χ3v) is 27.2. The Morgan fingerprint density at radius 1 is 0.333 bits per heavy atom. The average molecular weight is 1330 g/mol. The molecule has 0 saturated carbocycles. The molecule has 0 radical (unpaired) electrons. The van der Waals surface area contributed by atoms with Crippen molar-refractivity contribution in [2.24, 2.45) is 0 Å². The lowest BCUT2D eigenvalue weighted by Gasteiger charge is -2.37. The number of furan rings is 1. The molecule has 1 unspecified atom stereocenters. The Morgan fingerprint density at radius 2 is 0.667 bits per heavy atom. The van der Waals surface area contributed by atoms with Crippen LogP contribution in [0.2, 0.25) is 6.55 Å².